The van der Waals surface area contributed by atoms with Crippen molar-refractivity contribution in [2.75, 3.05) is 0 Å². The van der Waals surface area contributed by atoms with Crippen LogP contribution in [0, 0.1) is 5.92 Å². The summed E-state index contributed by atoms with van der Waals surface area (Å²) in [4.78, 5) is 0. The van der Waals surface area contributed by atoms with E-state index in [2.05, 4.69) is 0 Å². The average Bonchev–Trinajstić information content (AvgIpc) is 1.73. The van der Waals surface area contributed by atoms with Crippen molar-refractivity contribution in [3.8, 4) is 0 Å². The number of halogens is 2. The smallest absolute Gasteiger partial charge is 0.207 e. The van der Waals surface area contributed by atoms with Gasteiger partial charge in [0.2, 0.25) is 0 Å². The maximum absolute atomic E-state index is 11.5. The molecule has 0 heterocycles. The summed E-state index contributed by atoms with van der Waals surface area (Å²) in [5.41, 5.74) is 0. The summed E-state index contributed by atoms with van der Waals surface area (Å²) in [5.74, 6) is -2.63. The fourth-order valence-electron chi connectivity index (χ4n) is 0.349. The first kappa shape index (κ1) is 4.03. The molecular formula is C4H6F2. The molecule has 0 aromatic rings. The summed E-state index contributed by atoms with van der Waals surface area (Å²) in [6.45, 7) is 1.56. The highest BCUT2D eigenvalue weighted by Crippen LogP contribution is 2.47. The average molecular weight is 92.1 g/mol. The van der Waals surface area contributed by atoms with Crippen LogP contribution in [0.3, 0.4) is 0 Å². The molecule has 1 saturated carbocycles. The van der Waals surface area contributed by atoms with Crippen molar-refractivity contribution >= 4 is 0 Å². The van der Waals surface area contributed by atoms with Crippen molar-refractivity contribution in [2.45, 2.75) is 19.3 Å². The molecule has 0 N–H and O–H groups in total. The van der Waals surface area contributed by atoms with Crippen LogP contribution in [0.15, 0.2) is 0 Å². The Hall–Kier alpha value is -0.140. The molecule has 0 unspecified atom stereocenters. The first-order chi connectivity index (χ1) is 2.63. The summed E-state index contributed by atoms with van der Waals surface area (Å²) < 4.78 is 23.1. The number of hydrogen-bond acceptors (Lipinski definition) is 0. The summed E-state index contributed by atoms with van der Waals surface area (Å²) in [7, 11) is 0. The molecule has 0 saturated heterocycles. The predicted molar refractivity (Wildman–Crippen MR) is 18.7 cm³/mol. The lowest BCUT2D eigenvalue weighted by Gasteiger charge is -1.82. The quantitative estimate of drug-likeness (QED) is 0.426. The van der Waals surface area contributed by atoms with E-state index in [1.165, 1.54) is 0 Å². The van der Waals surface area contributed by atoms with Gasteiger partial charge in [-0.25, -0.2) is 8.78 Å². The predicted octanol–water partition coefficient (Wildman–Crippen LogP) is 1.66. The van der Waals surface area contributed by atoms with E-state index in [0.29, 0.717) is 0 Å². The summed E-state index contributed by atoms with van der Waals surface area (Å²) in [6.07, 6.45) is 0.104. The van der Waals surface area contributed by atoms with Gasteiger partial charge in [-0.05, 0) is 0 Å². The Morgan fingerprint density at radius 3 is 1.83 bits per heavy atom. The summed E-state index contributed by atoms with van der Waals surface area (Å²) >= 11 is 0. The van der Waals surface area contributed by atoms with Gasteiger partial charge in [-0.3, -0.25) is 0 Å². The van der Waals surface area contributed by atoms with Gasteiger partial charge in [-0.15, -0.1) is 0 Å². The van der Waals surface area contributed by atoms with Crippen LogP contribution in [0.1, 0.15) is 13.3 Å². The Labute approximate surface area is 35.2 Å². The Morgan fingerprint density at radius 2 is 1.83 bits per heavy atom. The highest BCUT2D eigenvalue weighted by Gasteiger charge is 2.53. The zero-order chi connectivity index (χ0) is 4.78. The van der Waals surface area contributed by atoms with Gasteiger partial charge in [0.15, 0.2) is 0 Å². The lowest BCUT2D eigenvalue weighted by Crippen LogP contribution is -1.87. The minimum Gasteiger partial charge on any atom is -0.207 e. The van der Waals surface area contributed by atoms with E-state index in [9.17, 15) is 8.78 Å². The van der Waals surface area contributed by atoms with E-state index in [1.807, 2.05) is 0 Å². The Morgan fingerprint density at radius 1 is 1.67 bits per heavy atom. The van der Waals surface area contributed by atoms with Crippen molar-refractivity contribution in [1.29, 1.82) is 0 Å². The molecule has 6 heavy (non-hydrogen) atoms. The fraction of sp³-hybridized carbons (Fsp3) is 1.00. The topological polar surface area (TPSA) is 0 Å². The molecule has 0 aromatic carbocycles. The van der Waals surface area contributed by atoms with Crippen LogP contribution in [0.2, 0.25) is 0 Å². The fourth-order valence-corrected chi connectivity index (χ4v) is 0.349. The van der Waals surface area contributed by atoms with Gasteiger partial charge in [-0.1, -0.05) is 6.92 Å². The monoisotopic (exact) mass is 92.0 g/mol. The van der Waals surface area contributed by atoms with Crippen LogP contribution in [-0.2, 0) is 0 Å². The lowest BCUT2D eigenvalue weighted by atomic mass is 10.5. The number of rotatable bonds is 0. The summed E-state index contributed by atoms with van der Waals surface area (Å²) in [6, 6.07) is 0. The number of alkyl halides is 2. The van der Waals surface area contributed by atoms with Gasteiger partial charge >= 0.3 is 0 Å². The molecule has 0 radical (unpaired) electrons. The zero-order valence-corrected chi connectivity index (χ0v) is 3.54. The normalized spacial score (nSPS) is 39.5. The molecule has 0 bridgehead atoms. The van der Waals surface area contributed by atoms with E-state index < -0.39 is 5.92 Å². The van der Waals surface area contributed by atoms with Crippen molar-refractivity contribution in [1.82, 2.24) is 0 Å². The van der Waals surface area contributed by atoms with Gasteiger partial charge < -0.3 is 0 Å². The van der Waals surface area contributed by atoms with Crippen LogP contribution < -0.4 is 0 Å². The molecule has 2 heteroatoms. The largest absolute Gasteiger partial charge is 0.251 e. The maximum Gasteiger partial charge on any atom is 0.251 e. The molecule has 0 spiro atoms. The van der Waals surface area contributed by atoms with Crippen molar-refractivity contribution in [3.63, 3.8) is 0 Å². The molecule has 0 amide bonds. The Balaban J connectivity index is 2.41. The molecule has 1 aliphatic carbocycles. The third-order valence-electron chi connectivity index (χ3n) is 1.14. The highest BCUT2D eigenvalue weighted by molar-refractivity contribution is 4.90. The van der Waals surface area contributed by atoms with E-state index in [1.54, 1.807) is 6.92 Å². The van der Waals surface area contributed by atoms with Crippen LogP contribution >= 0.6 is 0 Å². The minimum atomic E-state index is -2.29. The van der Waals surface area contributed by atoms with E-state index >= 15 is 0 Å². The van der Waals surface area contributed by atoms with Gasteiger partial charge in [-0.2, -0.15) is 0 Å². The van der Waals surface area contributed by atoms with E-state index in [0.717, 1.165) is 0 Å². The highest BCUT2D eigenvalue weighted by atomic mass is 19.3. The molecule has 1 rings (SSSR count). The molecular weight excluding hydrogens is 86.0 g/mol. The second-order valence-corrected chi connectivity index (χ2v) is 1.87. The van der Waals surface area contributed by atoms with Crippen LogP contribution in [-0.4, -0.2) is 5.92 Å². The van der Waals surface area contributed by atoms with Crippen molar-refractivity contribution < 1.29 is 8.78 Å². The molecule has 1 atom stereocenters. The van der Waals surface area contributed by atoms with Crippen molar-refractivity contribution in [3.05, 3.63) is 0 Å². The van der Waals surface area contributed by atoms with Crippen LogP contribution in [0.4, 0.5) is 8.78 Å². The molecule has 36 valence electrons. The molecule has 1 aliphatic rings. The van der Waals surface area contributed by atoms with E-state index in [4.69, 9.17) is 0 Å². The van der Waals surface area contributed by atoms with Gasteiger partial charge in [0.1, 0.15) is 0 Å². The Kier molecular flexibility index (Phi) is 0.500. The lowest BCUT2D eigenvalue weighted by molar-refractivity contribution is 0.102. The van der Waals surface area contributed by atoms with E-state index in [-0.39, 0.29) is 12.3 Å². The third-order valence-corrected chi connectivity index (χ3v) is 1.14. The maximum atomic E-state index is 11.5. The van der Waals surface area contributed by atoms with Crippen molar-refractivity contribution in [2.24, 2.45) is 5.92 Å². The van der Waals surface area contributed by atoms with Crippen LogP contribution in [0.25, 0.3) is 0 Å². The van der Waals surface area contributed by atoms with Gasteiger partial charge in [0.25, 0.3) is 5.92 Å². The SMILES string of the molecule is C[C@@H]1CC1(F)F. The third kappa shape index (κ3) is 0.402. The summed E-state index contributed by atoms with van der Waals surface area (Å²) in [5, 5.41) is 0. The Bertz CT molecular complexity index is 67.9. The molecule has 0 aliphatic heterocycles. The standard InChI is InChI=1S/C4H6F2/c1-3-2-4(3,5)6/h3H,2H2,1H3/t3-/m1/s1. The first-order valence-electron chi connectivity index (χ1n) is 2.01. The van der Waals surface area contributed by atoms with Crippen LogP contribution in [0.5, 0.6) is 0 Å². The van der Waals surface area contributed by atoms with Gasteiger partial charge in [0.05, 0.1) is 0 Å². The first-order valence-corrected chi connectivity index (χ1v) is 2.01. The minimum absolute atomic E-state index is 0.104. The zero-order valence-electron chi connectivity index (χ0n) is 3.54. The second kappa shape index (κ2) is 0.745. The second-order valence-electron chi connectivity index (χ2n) is 1.87. The number of hydrogen-bond donors (Lipinski definition) is 0. The molecule has 0 aromatic heterocycles. The molecule has 0 nitrogen and oxygen atoms in total. The molecule has 1 fully saturated rings. The van der Waals surface area contributed by atoms with Gasteiger partial charge in [0, 0.05) is 12.3 Å².